The molecule has 1 rings (SSSR count). The van der Waals surface area contributed by atoms with Crippen LogP contribution in [0.3, 0.4) is 0 Å². The molecule has 0 aliphatic heterocycles. The van der Waals surface area contributed by atoms with Crippen LogP contribution in [0.1, 0.15) is 5.69 Å². The molecule has 0 fully saturated rings. The summed E-state index contributed by atoms with van der Waals surface area (Å²) in [6, 6.07) is 0. The monoisotopic (exact) mass is 212 g/mol. The maximum atomic E-state index is 12.1. The van der Waals surface area contributed by atoms with Gasteiger partial charge in [-0.2, -0.15) is 18.2 Å². The number of hydrogen-bond acceptors (Lipinski definition) is 4. The molecule has 0 aromatic carbocycles. The molecule has 0 aliphatic carbocycles. The summed E-state index contributed by atoms with van der Waals surface area (Å²) >= 11 is 5.17. The Labute approximate surface area is 75.7 Å². The average molecular weight is 213 g/mol. The van der Waals surface area contributed by atoms with Crippen molar-refractivity contribution < 1.29 is 13.2 Å². The summed E-state index contributed by atoms with van der Waals surface area (Å²) in [6.07, 6.45) is -4.68. The second-order valence-electron chi connectivity index (χ2n) is 2.14. The van der Waals surface area contributed by atoms with Crippen LogP contribution in [0, 0.1) is 0 Å². The standard InChI is InChI=1S/C5H4ClF3N4/c6-4-12-2(5(7,8)9)1(10)3(11)13-4/h10H2,(H2,11,12,13). The highest BCUT2D eigenvalue weighted by molar-refractivity contribution is 6.28. The Hall–Kier alpha value is -1.24. The van der Waals surface area contributed by atoms with Gasteiger partial charge in [0.2, 0.25) is 5.28 Å². The minimum absolute atomic E-state index is 0.479. The van der Waals surface area contributed by atoms with Gasteiger partial charge in [-0.3, -0.25) is 0 Å². The van der Waals surface area contributed by atoms with E-state index in [1.807, 2.05) is 0 Å². The lowest BCUT2D eigenvalue weighted by atomic mass is 10.3. The molecule has 0 saturated heterocycles. The highest BCUT2D eigenvalue weighted by atomic mass is 35.5. The molecular weight excluding hydrogens is 209 g/mol. The summed E-state index contributed by atoms with van der Waals surface area (Å²) in [5, 5.41) is -0.584. The zero-order valence-electron chi connectivity index (χ0n) is 6.06. The van der Waals surface area contributed by atoms with Gasteiger partial charge in [0.1, 0.15) is 5.69 Å². The second-order valence-corrected chi connectivity index (χ2v) is 2.48. The molecule has 1 heterocycles. The van der Waals surface area contributed by atoms with E-state index < -0.39 is 28.7 Å². The molecule has 13 heavy (non-hydrogen) atoms. The van der Waals surface area contributed by atoms with E-state index in [1.54, 1.807) is 0 Å². The molecule has 0 amide bonds. The van der Waals surface area contributed by atoms with Gasteiger partial charge in [0.25, 0.3) is 0 Å². The normalized spacial score (nSPS) is 11.7. The molecule has 1 aromatic heterocycles. The Morgan fingerprint density at radius 1 is 1.15 bits per heavy atom. The van der Waals surface area contributed by atoms with Gasteiger partial charge in [-0.05, 0) is 11.6 Å². The Bertz CT molecular complexity index is 337. The number of nitrogen functional groups attached to an aromatic ring is 2. The molecule has 4 N–H and O–H groups in total. The van der Waals surface area contributed by atoms with Gasteiger partial charge in [-0.25, -0.2) is 4.98 Å². The van der Waals surface area contributed by atoms with Crippen molar-refractivity contribution in [2.24, 2.45) is 0 Å². The molecule has 1 aromatic rings. The summed E-state index contributed by atoms with van der Waals surface area (Å²) < 4.78 is 36.4. The molecule has 0 bridgehead atoms. The van der Waals surface area contributed by atoms with Gasteiger partial charge >= 0.3 is 6.18 Å². The number of anilines is 2. The smallest absolute Gasteiger partial charge is 0.394 e. The summed E-state index contributed by atoms with van der Waals surface area (Å²) in [5.74, 6) is -0.479. The molecule has 0 radical (unpaired) electrons. The van der Waals surface area contributed by atoms with Gasteiger partial charge in [-0.15, -0.1) is 0 Å². The third-order valence-corrected chi connectivity index (χ3v) is 1.39. The maximum absolute atomic E-state index is 12.1. The summed E-state index contributed by atoms with van der Waals surface area (Å²) in [7, 11) is 0. The van der Waals surface area contributed by atoms with Gasteiger partial charge in [0.05, 0.1) is 0 Å². The second kappa shape index (κ2) is 2.91. The number of hydrogen-bond donors (Lipinski definition) is 2. The van der Waals surface area contributed by atoms with Crippen LogP contribution in [0.4, 0.5) is 24.7 Å². The highest BCUT2D eigenvalue weighted by Crippen LogP contribution is 2.34. The molecule has 0 aliphatic rings. The van der Waals surface area contributed by atoms with Crippen LogP contribution >= 0.6 is 11.6 Å². The van der Waals surface area contributed by atoms with Crippen molar-refractivity contribution in [3.05, 3.63) is 11.0 Å². The summed E-state index contributed by atoms with van der Waals surface area (Å²) in [5.41, 5.74) is 8.04. The molecule has 8 heteroatoms. The van der Waals surface area contributed by atoms with Gasteiger partial charge in [0, 0.05) is 0 Å². The minimum atomic E-state index is -4.68. The van der Waals surface area contributed by atoms with Crippen molar-refractivity contribution in [1.29, 1.82) is 0 Å². The van der Waals surface area contributed by atoms with Crippen LogP contribution in [0.25, 0.3) is 0 Å². The van der Waals surface area contributed by atoms with Crippen molar-refractivity contribution >= 4 is 23.1 Å². The maximum Gasteiger partial charge on any atom is 0.435 e. The minimum Gasteiger partial charge on any atom is -0.394 e. The Kier molecular flexibility index (Phi) is 2.21. The predicted octanol–water partition coefficient (Wildman–Crippen LogP) is 1.31. The van der Waals surface area contributed by atoms with Crippen LogP contribution in [-0.4, -0.2) is 9.97 Å². The van der Waals surface area contributed by atoms with E-state index in [-0.39, 0.29) is 0 Å². The van der Waals surface area contributed by atoms with E-state index in [9.17, 15) is 13.2 Å². The Morgan fingerprint density at radius 3 is 2.15 bits per heavy atom. The lowest BCUT2D eigenvalue weighted by Gasteiger charge is -2.09. The Balaban J connectivity index is 3.37. The molecule has 0 spiro atoms. The average Bonchev–Trinajstić information content (AvgIpc) is 1.94. The highest BCUT2D eigenvalue weighted by Gasteiger charge is 2.36. The van der Waals surface area contributed by atoms with E-state index in [1.165, 1.54) is 0 Å². The van der Waals surface area contributed by atoms with Crippen LogP contribution in [0.2, 0.25) is 5.28 Å². The number of alkyl halides is 3. The molecule has 0 unspecified atom stereocenters. The van der Waals surface area contributed by atoms with E-state index in [0.717, 1.165) is 0 Å². The van der Waals surface area contributed by atoms with E-state index in [4.69, 9.17) is 23.1 Å². The van der Waals surface area contributed by atoms with Crippen LogP contribution in [0.15, 0.2) is 0 Å². The number of nitrogens with zero attached hydrogens (tertiary/aromatic N) is 2. The van der Waals surface area contributed by atoms with Gasteiger partial charge < -0.3 is 11.5 Å². The molecule has 4 nitrogen and oxygen atoms in total. The van der Waals surface area contributed by atoms with E-state index in [2.05, 4.69) is 9.97 Å². The Morgan fingerprint density at radius 2 is 1.69 bits per heavy atom. The number of halogens is 4. The first-order valence-electron chi connectivity index (χ1n) is 2.98. The largest absolute Gasteiger partial charge is 0.435 e. The number of rotatable bonds is 0. The fourth-order valence-electron chi connectivity index (χ4n) is 0.674. The first-order chi connectivity index (χ1) is 5.82. The fraction of sp³-hybridized carbons (Fsp3) is 0.200. The van der Waals surface area contributed by atoms with Crippen molar-refractivity contribution in [3.8, 4) is 0 Å². The fourth-order valence-corrected chi connectivity index (χ4v) is 0.850. The molecule has 0 saturated carbocycles. The van der Waals surface area contributed by atoms with Crippen molar-refractivity contribution in [2.45, 2.75) is 6.18 Å². The van der Waals surface area contributed by atoms with Crippen LogP contribution in [-0.2, 0) is 6.18 Å². The molecule has 72 valence electrons. The summed E-state index contributed by atoms with van der Waals surface area (Å²) in [4.78, 5) is 6.18. The molecule has 0 atom stereocenters. The lowest BCUT2D eigenvalue weighted by Crippen LogP contribution is -2.14. The first kappa shape index (κ1) is 9.85. The van der Waals surface area contributed by atoms with Crippen molar-refractivity contribution in [1.82, 2.24) is 9.97 Å². The van der Waals surface area contributed by atoms with Crippen LogP contribution in [0.5, 0.6) is 0 Å². The lowest BCUT2D eigenvalue weighted by molar-refractivity contribution is -0.140. The van der Waals surface area contributed by atoms with Crippen molar-refractivity contribution in [2.75, 3.05) is 11.5 Å². The quantitative estimate of drug-likeness (QED) is 0.636. The topological polar surface area (TPSA) is 77.8 Å². The van der Waals surface area contributed by atoms with E-state index in [0.29, 0.717) is 0 Å². The zero-order chi connectivity index (χ0) is 10.2. The van der Waals surface area contributed by atoms with Gasteiger partial charge in [0.15, 0.2) is 11.5 Å². The summed E-state index contributed by atoms with van der Waals surface area (Å²) in [6.45, 7) is 0. The van der Waals surface area contributed by atoms with Gasteiger partial charge in [-0.1, -0.05) is 0 Å². The number of nitrogens with two attached hydrogens (primary N) is 2. The zero-order valence-corrected chi connectivity index (χ0v) is 6.82. The third kappa shape index (κ3) is 1.92. The third-order valence-electron chi connectivity index (χ3n) is 1.22. The van der Waals surface area contributed by atoms with E-state index >= 15 is 0 Å². The molecular formula is C5H4ClF3N4. The van der Waals surface area contributed by atoms with Crippen molar-refractivity contribution in [3.63, 3.8) is 0 Å². The first-order valence-corrected chi connectivity index (χ1v) is 3.36. The number of aromatic nitrogens is 2. The predicted molar refractivity (Wildman–Crippen MR) is 40.9 cm³/mol. The SMILES string of the molecule is Nc1nc(Cl)nc(C(F)(F)F)c1N. The van der Waals surface area contributed by atoms with Crippen LogP contribution < -0.4 is 11.5 Å².